The topological polar surface area (TPSA) is 66.8 Å². The fourth-order valence-electron chi connectivity index (χ4n) is 4.66. The van der Waals surface area contributed by atoms with Crippen molar-refractivity contribution in [3.8, 4) is 5.75 Å². The minimum Gasteiger partial charge on any atom is -0.507 e. The molecular formula is C31H33NO4. The molecule has 1 saturated heterocycles. The second-order valence-electron chi connectivity index (χ2n) is 9.67. The van der Waals surface area contributed by atoms with E-state index in [1.807, 2.05) is 87.5 Å². The number of ether oxygens (including phenoxy) is 1. The van der Waals surface area contributed by atoms with E-state index in [2.05, 4.69) is 13.8 Å². The molecule has 1 atom stereocenters. The molecule has 0 spiro atoms. The molecule has 1 amide bonds. The molecule has 0 aliphatic carbocycles. The summed E-state index contributed by atoms with van der Waals surface area (Å²) >= 11 is 0. The zero-order chi connectivity index (χ0) is 26.0. The number of ketones is 1. The van der Waals surface area contributed by atoms with E-state index < -0.39 is 17.7 Å². The van der Waals surface area contributed by atoms with Crippen molar-refractivity contribution in [2.75, 3.05) is 11.5 Å². The van der Waals surface area contributed by atoms with Crippen LogP contribution in [-0.2, 0) is 9.59 Å². The minimum absolute atomic E-state index is 0.0815. The summed E-state index contributed by atoms with van der Waals surface area (Å²) in [6.07, 6.45) is 0. The second-order valence-corrected chi connectivity index (χ2v) is 9.67. The van der Waals surface area contributed by atoms with Crippen molar-refractivity contribution < 1.29 is 19.4 Å². The van der Waals surface area contributed by atoms with Gasteiger partial charge in [0.05, 0.1) is 18.2 Å². The Morgan fingerprint density at radius 2 is 1.58 bits per heavy atom. The molecule has 1 N–H and O–H groups in total. The molecule has 1 aliphatic heterocycles. The van der Waals surface area contributed by atoms with Gasteiger partial charge < -0.3 is 9.84 Å². The largest absolute Gasteiger partial charge is 0.507 e. The summed E-state index contributed by atoms with van der Waals surface area (Å²) in [4.78, 5) is 28.3. The lowest BCUT2D eigenvalue weighted by Gasteiger charge is -2.26. The summed E-state index contributed by atoms with van der Waals surface area (Å²) in [7, 11) is 0. The molecule has 0 radical (unpaired) electrons. The monoisotopic (exact) mass is 483 g/mol. The molecule has 1 heterocycles. The Morgan fingerprint density at radius 1 is 0.917 bits per heavy atom. The number of carbonyl (C=O) groups excluding carboxylic acids is 2. The molecule has 3 aromatic carbocycles. The Balaban J connectivity index is 1.89. The fraction of sp³-hybridized carbons (Fsp3) is 0.290. The van der Waals surface area contributed by atoms with Gasteiger partial charge in [-0.3, -0.25) is 14.5 Å². The molecule has 1 unspecified atom stereocenters. The average Bonchev–Trinajstić information content (AvgIpc) is 3.14. The van der Waals surface area contributed by atoms with Crippen LogP contribution in [0.1, 0.15) is 74.8 Å². The van der Waals surface area contributed by atoms with Crippen molar-refractivity contribution in [3.05, 3.63) is 101 Å². The highest BCUT2D eigenvalue weighted by Gasteiger charge is 2.47. The van der Waals surface area contributed by atoms with E-state index in [1.165, 1.54) is 4.90 Å². The molecule has 1 aliphatic rings. The first-order valence-electron chi connectivity index (χ1n) is 12.5. The van der Waals surface area contributed by atoms with E-state index >= 15 is 0 Å². The summed E-state index contributed by atoms with van der Waals surface area (Å²) in [5.74, 6) is -0.310. The average molecular weight is 484 g/mol. The van der Waals surface area contributed by atoms with E-state index in [-0.39, 0.29) is 17.3 Å². The van der Waals surface area contributed by atoms with E-state index in [0.29, 0.717) is 23.8 Å². The van der Waals surface area contributed by atoms with Crippen LogP contribution in [-0.4, -0.2) is 23.4 Å². The van der Waals surface area contributed by atoms with Crippen LogP contribution in [0, 0.1) is 0 Å². The number of rotatable bonds is 7. The van der Waals surface area contributed by atoms with Gasteiger partial charge in [-0.2, -0.15) is 0 Å². The van der Waals surface area contributed by atoms with Gasteiger partial charge in [-0.15, -0.1) is 0 Å². The Bertz CT molecular complexity index is 1290. The number of hydrogen-bond donors (Lipinski definition) is 1. The number of anilines is 1. The maximum Gasteiger partial charge on any atom is 0.300 e. The zero-order valence-corrected chi connectivity index (χ0v) is 21.5. The smallest absolute Gasteiger partial charge is 0.300 e. The third-order valence-corrected chi connectivity index (χ3v) is 6.60. The molecule has 5 nitrogen and oxygen atoms in total. The number of aliphatic hydroxyl groups is 1. The van der Waals surface area contributed by atoms with Gasteiger partial charge in [0.2, 0.25) is 0 Å². The van der Waals surface area contributed by atoms with Gasteiger partial charge in [-0.25, -0.2) is 0 Å². The van der Waals surface area contributed by atoms with Gasteiger partial charge in [-0.1, -0.05) is 70.2 Å². The van der Waals surface area contributed by atoms with Crippen LogP contribution < -0.4 is 9.64 Å². The van der Waals surface area contributed by atoms with Crippen molar-refractivity contribution in [1.82, 2.24) is 0 Å². The number of Topliss-reactive ketones (excluding diaryl/α,β-unsaturated/α-hetero) is 1. The molecule has 1 fully saturated rings. The van der Waals surface area contributed by atoms with Gasteiger partial charge >= 0.3 is 0 Å². The van der Waals surface area contributed by atoms with Gasteiger partial charge in [0.25, 0.3) is 11.7 Å². The Morgan fingerprint density at radius 3 is 2.17 bits per heavy atom. The van der Waals surface area contributed by atoms with Crippen LogP contribution >= 0.6 is 0 Å². The first kappa shape index (κ1) is 25.2. The summed E-state index contributed by atoms with van der Waals surface area (Å²) in [6.45, 7) is 10.8. The van der Waals surface area contributed by atoms with Crippen molar-refractivity contribution in [2.24, 2.45) is 0 Å². The highest BCUT2D eigenvalue weighted by molar-refractivity contribution is 6.51. The number of nitrogens with zero attached hydrogens (tertiary/aromatic N) is 1. The lowest BCUT2D eigenvalue weighted by atomic mass is 9.93. The van der Waals surface area contributed by atoms with Crippen LogP contribution in [0.4, 0.5) is 5.69 Å². The normalized spacial score (nSPS) is 17.3. The zero-order valence-electron chi connectivity index (χ0n) is 21.5. The molecule has 0 bridgehead atoms. The van der Waals surface area contributed by atoms with Crippen molar-refractivity contribution in [2.45, 2.75) is 52.5 Å². The van der Waals surface area contributed by atoms with Crippen LogP contribution in [0.25, 0.3) is 5.76 Å². The SMILES string of the molecule is CCOc1ccc(/C(O)=C2/C(=O)C(=O)N(c3ccc(C(C)C)cc3)C2c2ccccc2)cc1C(C)C. The van der Waals surface area contributed by atoms with Crippen LogP contribution in [0.5, 0.6) is 5.75 Å². The summed E-state index contributed by atoms with van der Waals surface area (Å²) < 4.78 is 5.76. The van der Waals surface area contributed by atoms with Crippen molar-refractivity contribution in [3.63, 3.8) is 0 Å². The maximum atomic E-state index is 13.4. The van der Waals surface area contributed by atoms with E-state index in [1.54, 1.807) is 6.07 Å². The minimum atomic E-state index is -0.745. The van der Waals surface area contributed by atoms with Crippen molar-refractivity contribution >= 4 is 23.1 Å². The number of hydrogen-bond acceptors (Lipinski definition) is 4. The Hall–Kier alpha value is -3.86. The fourth-order valence-corrected chi connectivity index (χ4v) is 4.66. The molecule has 5 heteroatoms. The first-order chi connectivity index (χ1) is 17.2. The first-order valence-corrected chi connectivity index (χ1v) is 12.5. The molecule has 36 heavy (non-hydrogen) atoms. The van der Waals surface area contributed by atoms with E-state index in [9.17, 15) is 14.7 Å². The van der Waals surface area contributed by atoms with E-state index in [4.69, 9.17) is 4.74 Å². The summed E-state index contributed by atoms with van der Waals surface area (Å²) in [6, 6.07) is 21.7. The van der Waals surface area contributed by atoms with Gasteiger partial charge in [-0.05, 0) is 65.8 Å². The third-order valence-electron chi connectivity index (χ3n) is 6.60. The van der Waals surface area contributed by atoms with Crippen LogP contribution in [0.3, 0.4) is 0 Å². The molecule has 3 aromatic rings. The Labute approximate surface area is 213 Å². The predicted octanol–water partition coefficient (Wildman–Crippen LogP) is 6.96. The summed E-state index contributed by atoms with van der Waals surface area (Å²) in [5.41, 5.74) is 4.00. The summed E-state index contributed by atoms with van der Waals surface area (Å²) in [5, 5.41) is 11.5. The van der Waals surface area contributed by atoms with Crippen LogP contribution in [0.15, 0.2) is 78.4 Å². The van der Waals surface area contributed by atoms with Gasteiger partial charge in [0, 0.05) is 11.3 Å². The predicted molar refractivity (Wildman–Crippen MR) is 143 cm³/mol. The second kappa shape index (κ2) is 10.4. The molecular weight excluding hydrogens is 450 g/mol. The van der Waals surface area contributed by atoms with Crippen LogP contribution in [0.2, 0.25) is 0 Å². The number of carbonyl (C=O) groups is 2. The lowest BCUT2D eigenvalue weighted by molar-refractivity contribution is -0.132. The van der Waals surface area contributed by atoms with Crippen molar-refractivity contribution in [1.29, 1.82) is 0 Å². The highest BCUT2D eigenvalue weighted by Crippen LogP contribution is 2.43. The molecule has 186 valence electrons. The standard InChI is InChI=1S/C31H33NO4/c1-6-36-26-17-14-23(18-25(26)20(4)5)29(33)27-28(22-10-8-7-9-11-22)32(31(35)30(27)34)24-15-12-21(13-16-24)19(2)3/h7-20,28,33H,6H2,1-5H3/b29-27-. The van der Waals surface area contributed by atoms with Gasteiger partial charge in [0.1, 0.15) is 11.5 Å². The quantitative estimate of drug-likeness (QED) is 0.224. The number of aliphatic hydroxyl groups excluding tert-OH is 1. The maximum absolute atomic E-state index is 13.4. The number of amides is 1. The Kier molecular flexibility index (Phi) is 7.30. The number of benzene rings is 3. The molecule has 0 saturated carbocycles. The lowest BCUT2D eigenvalue weighted by Crippen LogP contribution is -2.29. The van der Waals surface area contributed by atoms with Gasteiger partial charge in [0.15, 0.2) is 0 Å². The molecule has 4 rings (SSSR count). The third kappa shape index (κ3) is 4.66. The highest BCUT2D eigenvalue weighted by atomic mass is 16.5. The van der Waals surface area contributed by atoms with E-state index in [0.717, 1.165) is 22.4 Å². The molecule has 0 aromatic heterocycles.